The second-order valence-electron chi connectivity index (χ2n) is 12.1. The van der Waals surface area contributed by atoms with Crippen LogP contribution in [0.3, 0.4) is 0 Å². The van der Waals surface area contributed by atoms with E-state index in [4.69, 9.17) is 38.4 Å². The summed E-state index contributed by atoms with van der Waals surface area (Å²) in [5.74, 6) is -0.904. The Balaban J connectivity index is 1.46. The Kier molecular flexibility index (Phi) is 11.8. The summed E-state index contributed by atoms with van der Waals surface area (Å²) in [6.45, 7) is 12.3. The van der Waals surface area contributed by atoms with Gasteiger partial charge in [-0.3, -0.25) is 0 Å². The molecule has 236 valence electrons. The molecule has 0 aromatic heterocycles. The number of ether oxygens (including phenoxy) is 6. The van der Waals surface area contributed by atoms with E-state index in [9.17, 15) is 5.11 Å². The molecule has 0 aliphatic carbocycles. The van der Waals surface area contributed by atoms with Crippen molar-refractivity contribution >= 4 is 18.7 Å². The van der Waals surface area contributed by atoms with Crippen molar-refractivity contribution in [3.8, 4) is 0 Å². The summed E-state index contributed by atoms with van der Waals surface area (Å²) in [7, 11) is -2.86. The van der Waals surface area contributed by atoms with Crippen LogP contribution < -0.4 is 10.4 Å². The number of azide groups is 1. The third-order valence-corrected chi connectivity index (χ3v) is 12.6. The Morgan fingerprint density at radius 1 is 0.884 bits per heavy atom. The highest BCUT2D eigenvalue weighted by atomic mass is 28.4. The van der Waals surface area contributed by atoms with Crippen molar-refractivity contribution in [3.05, 3.63) is 71.1 Å². The molecule has 2 saturated heterocycles. The molecule has 2 aliphatic heterocycles. The molecule has 0 radical (unpaired) electrons. The van der Waals surface area contributed by atoms with Gasteiger partial charge in [0.25, 0.3) is 8.32 Å². The van der Waals surface area contributed by atoms with E-state index in [1.54, 1.807) is 0 Å². The quantitative estimate of drug-likeness (QED) is 0.106. The molecule has 12 heteroatoms. The Morgan fingerprint density at radius 2 is 1.44 bits per heavy atom. The number of aliphatic hydroxyl groups is 1. The lowest BCUT2D eigenvalue weighted by molar-refractivity contribution is -0.281. The summed E-state index contributed by atoms with van der Waals surface area (Å²) < 4.78 is 42.7. The van der Waals surface area contributed by atoms with Crippen molar-refractivity contribution in [2.75, 3.05) is 46.2 Å². The number of aliphatic hydroxyl groups excluding tert-OH is 1. The maximum absolute atomic E-state index is 11.5. The van der Waals surface area contributed by atoms with E-state index >= 15 is 0 Å². The zero-order valence-corrected chi connectivity index (χ0v) is 26.8. The third kappa shape index (κ3) is 8.23. The van der Waals surface area contributed by atoms with E-state index in [2.05, 4.69) is 55.1 Å². The Hall–Kier alpha value is -2.35. The predicted molar refractivity (Wildman–Crippen MR) is 164 cm³/mol. The lowest BCUT2D eigenvalue weighted by atomic mass is 9.99. The molecule has 2 aliphatic rings. The van der Waals surface area contributed by atoms with Crippen LogP contribution >= 0.6 is 0 Å². The van der Waals surface area contributed by atoms with Gasteiger partial charge in [0.2, 0.25) is 0 Å². The van der Waals surface area contributed by atoms with Gasteiger partial charge in [-0.15, -0.1) is 0 Å². The first kappa shape index (κ1) is 33.5. The van der Waals surface area contributed by atoms with Crippen molar-refractivity contribution < 1.29 is 38.0 Å². The molecule has 0 unspecified atom stereocenters. The second kappa shape index (κ2) is 15.1. The molecule has 2 heterocycles. The standard InChI is InChI=1S/C31H45N3O8Si/c1-30(2,3)43(23-12-8-6-9-13-23,24-14-10-7-11-15-24)39-22-25-26(35)27-28(42-31(4,5)41-27)29(40-25)38-21-20-37-19-18-36-17-16-33-34-32/h6-15,25-29,35H,16-22H2,1-5H3/t25-,26-,27+,28+,29+/m1/s1. The molecule has 2 aromatic carbocycles. The fourth-order valence-corrected chi connectivity index (χ4v) is 10.3. The Labute approximate surface area is 255 Å². The Morgan fingerprint density at radius 3 is 2.02 bits per heavy atom. The van der Waals surface area contributed by atoms with E-state index in [0.29, 0.717) is 26.4 Å². The Bertz CT molecular complexity index is 1140. The average molecular weight is 616 g/mol. The van der Waals surface area contributed by atoms with Crippen LogP contribution in [-0.4, -0.2) is 96.1 Å². The van der Waals surface area contributed by atoms with Gasteiger partial charge in [0.15, 0.2) is 12.1 Å². The SMILES string of the molecule is CC1(C)O[C@@H]2[C@@H](OCCOCCOCCN=[N+]=[N-])O[C@H](CO[Si](c3ccccc3)(c3ccccc3)C(C)(C)C)[C@@H](O)[C@@H]2O1. The minimum Gasteiger partial charge on any atom is -0.405 e. The van der Waals surface area contributed by atoms with Crippen LogP contribution in [0, 0.1) is 0 Å². The van der Waals surface area contributed by atoms with Gasteiger partial charge < -0.3 is 38.0 Å². The summed E-state index contributed by atoms with van der Waals surface area (Å²) in [5, 5.41) is 16.9. The molecule has 2 aromatic rings. The van der Waals surface area contributed by atoms with E-state index in [-0.39, 0.29) is 24.8 Å². The van der Waals surface area contributed by atoms with Gasteiger partial charge in [0, 0.05) is 11.5 Å². The van der Waals surface area contributed by atoms with Gasteiger partial charge in [-0.1, -0.05) is 86.5 Å². The second-order valence-corrected chi connectivity index (χ2v) is 16.4. The van der Waals surface area contributed by atoms with Crippen molar-refractivity contribution in [1.29, 1.82) is 0 Å². The first-order chi connectivity index (χ1) is 20.6. The maximum Gasteiger partial charge on any atom is 0.261 e. The normalized spacial score (nSPS) is 25.2. The van der Waals surface area contributed by atoms with Crippen molar-refractivity contribution in [3.63, 3.8) is 0 Å². The summed E-state index contributed by atoms with van der Waals surface area (Å²) in [5.41, 5.74) is 8.30. The van der Waals surface area contributed by atoms with Crippen LogP contribution in [0.4, 0.5) is 0 Å². The molecule has 11 nitrogen and oxygen atoms in total. The topological polar surface area (TPSA) is 134 Å². The molecule has 5 atom stereocenters. The van der Waals surface area contributed by atoms with Crippen LogP contribution in [0.1, 0.15) is 34.6 Å². The fourth-order valence-electron chi connectivity index (χ4n) is 5.77. The van der Waals surface area contributed by atoms with Gasteiger partial charge >= 0.3 is 0 Å². The van der Waals surface area contributed by atoms with Gasteiger partial charge in [0.05, 0.1) is 39.6 Å². The highest BCUT2D eigenvalue weighted by Gasteiger charge is 2.57. The van der Waals surface area contributed by atoms with Crippen molar-refractivity contribution in [2.24, 2.45) is 5.11 Å². The molecule has 0 bridgehead atoms. The van der Waals surface area contributed by atoms with Crippen LogP contribution in [0.5, 0.6) is 0 Å². The molecular weight excluding hydrogens is 570 g/mol. The molecular formula is C31H45N3O8Si. The van der Waals surface area contributed by atoms with Crippen LogP contribution in [0.15, 0.2) is 65.8 Å². The smallest absolute Gasteiger partial charge is 0.261 e. The fraction of sp³-hybridized carbons (Fsp3) is 0.613. The monoisotopic (exact) mass is 615 g/mol. The highest BCUT2D eigenvalue weighted by molar-refractivity contribution is 6.99. The largest absolute Gasteiger partial charge is 0.405 e. The first-order valence-electron chi connectivity index (χ1n) is 14.8. The number of rotatable bonds is 15. The molecule has 0 saturated carbocycles. The van der Waals surface area contributed by atoms with Crippen LogP contribution in [0.2, 0.25) is 5.04 Å². The van der Waals surface area contributed by atoms with Crippen LogP contribution in [-0.2, 0) is 32.8 Å². The number of hydrogen-bond acceptors (Lipinski definition) is 9. The molecule has 4 rings (SSSR count). The number of nitrogens with zero attached hydrogens (tertiary/aromatic N) is 3. The zero-order valence-electron chi connectivity index (χ0n) is 25.8. The number of fused-ring (bicyclic) bond motifs is 1. The molecule has 0 spiro atoms. The molecule has 43 heavy (non-hydrogen) atoms. The first-order valence-corrected chi connectivity index (χ1v) is 16.7. The maximum atomic E-state index is 11.5. The number of hydrogen-bond donors (Lipinski definition) is 1. The molecule has 1 N–H and O–H groups in total. The van der Waals surface area contributed by atoms with E-state index in [0.717, 1.165) is 10.4 Å². The lowest BCUT2D eigenvalue weighted by Crippen LogP contribution is -2.68. The summed E-state index contributed by atoms with van der Waals surface area (Å²) in [4.78, 5) is 2.69. The van der Waals surface area contributed by atoms with Crippen molar-refractivity contribution in [1.82, 2.24) is 0 Å². The molecule has 2 fully saturated rings. The number of benzene rings is 2. The third-order valence-electron chi connectivity index (χ3n) is 7.62. The zero-order chi connectivity index (χ0) is 30.9. The molecule has 0 amide bonds. The average Bonchev–Trinajstić information content (AvgIpc) is 3.32. The van der Waals surface area contributed by atoms with Crippen molar-refractivity contribution in [2.45, 2.75) is 76.1 Å². The summed E-state index contributed by atoms with van der Waals surface area (Å²) >= 11 is 0. The van der Waals surface area contributed by atoms with E-state index < -0.39 is 44.8 Å². The predicted octanol–water partition coefficient (Wildman–Crippen LogP) is 3.53. The lowest BCUT2D eigenvalue weighted by Gasteiger charge is -2.45. The van der Waals surface area contributed by atoms with Gasteiger partial charge in [-0.25, -0.2) is 0 Å². The minimum absolute atomic E-state index is 0.144. The van der Waals surface area contributed by atoms with Gasteiger partial charge in [-0.05, 0) is 34.8 Å². The van der Waals surface area contributed by atoms with E-state index in [1.807, 2.05) is 50.2 Å². The van der Waals surface area contributed by atoms with Crippen LogP contribution in [0.25, 0.3) is 10.4 Å². The summed E-state index contributed by atoms with van der Waals surface area (Å²) in [6.07, 6.45) is -3.74. The minimum atomic E-state index is -2.86. The van der Waals surface area contributed by atoms with Gasteiger partial charge in [-0.2, -0.15) is 0 Å². The highest BCUT2D eigenvalue weighted by Crippen LogP contribution is 2.40. The summed E-state index contributed by atoms with van der Waals surface area (Å²) in [6, 6.07) is 20.7. The van der Waals surface area contributed by atoms with E-state index in [1.165, 1.54) is 0 Å². The van der Waals surface area contributed by atoms with Gasteiger partial charge in [0.1, 0.15) is 24.4 Å².